The molecule has 0 unspecified atom stereocenters. The number of anilines is 1. The Hall–Kier alpha value is -2.92. The summed E-state index contributed by atoms with van der Waals surface area (Å²) in [6, 6.07) is 27.2. The first-order valence-electron chi connectivity index (χ1n) is 12.6. The van der Waals surface area contributed by atoms with Gasteiger partial charge in [0.25, 0.3) is 0 Å². The Balaban J connectivity index is 1.29. The number of nitrogens with one attached hydrogen (secondary N) is 1. The largest absolute Gasteiger partial charge is 0.493 e. The predicted octanol–water partition coefficient (Wildman–Crippen LogP) is 9.84. The van der Waals surface area contributed by atoms with Crippen LogP contribution < -0.4 is 14.8 Å². The van der Waals surface area contributed by atoms with Crippen molar-refractivity contribution in [1.82, 2.24) is 0 Å². The van der Waals surface area contributed by atoms with Crippen LogP contribution in [0.3, 0.4) is 0 Å². The number of fused-ring (bicyclic) bond motifs is 3. The first-order chi connectivity index (χ1) is 18.5. The molecule has 0 spiro atoms. The monoisotopic (exact) mass is 605 g/mol. The van der Waals surface area contributed by atoms with E-state index >= 15 is 0 Å². The highest BCUT2D eigenvalue weighted by molar-refractivity contribution is 9.10. The van der Waals surface area contributed by atoms with Gasteiger partial charge in [0.05, 0.1) is 27.7 Å². The topological polar surface area (TPSA) is 30.5 Å². The summed E-state index contributed by atoms with van der Waals surface area (Å²) < 4.78 is 12.8. The van der Waals surface area contributed by atoms with Crippen molar-refractivity contribution in [3.8, 4) is 22.6 Å². The first-order valence-corrected chi connectivity index (χ1v) is 14.1. The molecule has 6 heteroatoms. The normalized spacial score (nSPS) is 19.4. The van der Waals surface area contributed by atoms with Crippen LogP contribution in [0.1, 0.15) is 35.1 Å². The Morgan fingerprint density at radius 3 is 2.55 bits per heavy atom. The van der Waals surface area contributed by atoms with Gasteiger partial charge in [0.15, 0.2) is 11.5 Å². The third kappa shape index (κ3) is 4.82. The maximum Gasteiger partial charge on any atom is 0.175 e. The summed E-state index contributed by atoms with van der Waals surface area (Å²) in [6.45, 7) is 0.346. The molecule has 0 radical (unpaired) electrons. The molecule has 1 aliphatic heterocycles. The highest BCUT2D eigenvalue weighted by Crippen LogP contribution is 2.52. The van der Waals surface area contributed by atoms with Gasteiger partial charge in [-0.2, -0.15) is 0 Å². The van der Waals surface area contributed by atoms with Crippen LogP contribution in [0.5, 0.6) is 11.5 Å². The number of ether oxygens (including phenoxy) is 2. The summed E-state index contributed by atoms with van der Waals surface area (Å²) in [5, 5.41) is 4.88. The van der Waals surface area contributed by atoms with Crippen molar-refractivity contribution in [2.75, 3.05) is 12.4 Å². The minimum absolute atomic E-state index is 0.138. The van der Waals surface area contributed by atoms with Gasteiger partial charge in [-0.3, -0.25) is 0 Å². The number of rotatable bonds is 6. The van der Waals surface area contributed by atoms with E-state index in [1.807, 2.05) is 12.1 Å². The van der Waals surface area contributed by atoms with Gasteiger partial charge >= 0.3 is 0 Å². The molecule has 4 aromatic carbocycles. The fourth-order valence-electron chi connectivity index (χ4n) is 5.58. The van der Waals surface area contributed by atoms with Crippen LogP contribution in [-0.4, -0.2) is 7.11 Å². The van der Waals surface area contributed by atoms with Crippen LogP contribution in [0.4, 0.5) is 5.69 Å². The Labute approximate surface area is 241 Å². The molecular weight excluding hydrogens is 581 g/mol. The van der Waals surface area contributed by atoms with E-state index in [0.29, 0.717) is 40.0 Å². The van der Waals surface area contributed by atoms with Crippen molar-refractivity contribution >= 4 is 44.8 Å². The molecule has 0 aromatic heterocycles. The number of hydrogen-bond acceptors (Lipinski definition) is 3. The summed E-state index contributed by atoms with van der Waals surface area (Å²) in [5.41, 5.74) is 7.11. The molecule has 0 saturated heterocycles. The molecule has 38 heavy (non-hydrogen) atoms. The minimum atomic E-state index is 0.138. The molecule has 0 saturated carbocycles. The average Bonchev–Trinajstić information content (AvgIpc) is 3.44. The van der Waals surface area contributed by atoms with Gasteiger partial charge in [0.1, 0.15) is 6.61 Å². The molecular formula is C32H26BrCl2NO2. The lowest BCUT2D eigenvalue weighted by Gasteiger charge is -2.38. The van der Waals surface area contributed by atoms with E-state index in [4.69, 9.17) is 32.7 Å². The first kappa shape index (κ1) is 25.4. The number of benzene rings is 4. The molecule has 1 aliphatic carbocycles. The minimum Gasteiger partial charge on any atom is -0.493 e. The molecule has 2 aliphatic rings. The van der Waals surface area contributed by atoms with E-state index in [1.165, 1.54) is 22.4 Å². The predicted molar refractivity (Wildman–Crippen MR) is 160 cm³/mol. The molecule has 3 nitrogen and oxygen atoms in total. The summed E-state index contributed by atoms with van der Waals surface area (Å²) >= 11 is 16.0. The molecule has 1 heterocycles. The lowest BCUT2D eigenvalue weighted by Crippen LogP contribution is -2.29. The molecule has 0 bridgehead atoms. The highest BCUT2D eigenvalue weighted by atomic mass is 79.9. The molecule has 6 rings (SSSR count). The average molecular weight is 607 g/mol. The van der Waals surface area contributed by atoms with Crippen LogP contribution in [0.15, 0.2) is 95.5 Å². The van der Waals surface area contributed by atoms with Crippen molar-refractivity contribution in [1.29, 1.82) is 0 Å². The zero-order valence-corrected chi connectivity index (χ0v) is 23.9. The van der Waals surface area contributed by atoms with E-state index in [-0.39, 0.29) is 6.04 Å². The second-order valence-corrected chi connectivity index (χ2v) is 11.4. The zero-order valence-electron chi connectivity index (χ0n) is 20.8. The molecule has 0 amide bonds. The maximum absolute atomic E-state index is 6.18. The van der Waals surface area contributed by atoms with E-state index in [0.717, 1.165) is 22.0 Å². The van der Waals surface area contributed by atoms with Gasteiger partial charge in [-0.1, -0.05) is 77.8 Å². The van der Waals surface area contributed by atoms with E-state index < -0.39 is 0 Å². The second-order valence-electron chi connectivity index (χ2n) is 9.71. The Kier molecular flexibility index (Phi) is 7.13. The van der Waals surface area contributed by atoms with E-state index in [9.17, 15) is 0 Å². The van der Waals surface area contributed by atoms with Crippen molar-refractivity contribution in [3.05, 3.63) is 122 Å². The van der Waals surface area contributed by atoms with Crippen molar-refractivity contribution < 1.29 is 9.47 Å². The Bertz CT molecular complexity index is 1520. The summed E-state index contributed by atoms with van der Waals surface area (Å²) in [7, 11) is 1.67. The third-order valence-electron chi connectivity index (χ3n) is 7.45. The van der Waals surface area contributed by atoms with E-state index in [2.05, 4.69) is 94.1 Å². The lowest BCUT2D eigenvalue weighted by molar-refractivity contribution is 0.282. The molecule has 3 atom stereocenters. The van der Waals surface area contributed by atoms with Crippen molar-refractivity contribution in [2.45, 2.75) is 25.0 Å². The zero-order chi connectivity index (χ0) is 26.2. The second kappa shape index (κ2) is 10.7. The summed E-state index contributed by atoms with van der Waals surface area (Å²) in [6.07, 6.45) is 5.70. The van der Waals surface area contributed by atoms with Crippen molar-refractivity contribution in [2.24, 2.45) is 5.92 Å². The maximum atomic E-state index is 6.18. The Morgan fingerprint density at radius 2 is 1.76 bits per heavy atom. The molecule has 4 aromatic rings. The van der Waals surface area contributed by atoms with Crippen LogP contribution >= 0.6 is 39.1 Å². The quantitative estimate of drug-likeness (QED) is 0.222. The van der Waals surface area contributed by atoms with E-state index in [1.54, 1.807) is 13.2 Å². The Morgan fingerprint density at radius 1 is 0.921 bits per heavy atom. The molecule has 0 fully saturated rings. The smallest absolute Gasteiger partial charge is 0.175 e. The summed E-state index contributed by atoms with van der Waals surface area (Å²) in [5.74, 6) is 2.11. The summed E-state index contributed by atoms with van der Waals surface area (Å²) in [4.78, 5) is 0. The fraction of sp³-hybridized carbons (Fsp3) is 0.188. The van der Waals surface area contributed by atoms with Crippen LogP contribution in [0, 0.1) is 5.92 Å². The van der Waals surface area contributed by atoms with Crippen molar-refractivity contribution in [3.63, 3.8) is 0 Å². The van der Waals surface area contributed by atoms with Gasteiger partial charge in [-0.05, 0) is 92.5 Å². The van der Waals surface area contributed by atoms with Crippen LogP contribution in [0.2, 0.25) is 10.0 Å². The standard InChI is InChI=1S/C32H26BrCl2NO2/c1-37-30-17-22(16-26(33)32(30)38-18-19-10-12-27(34)28(35)14-19)31-24-9-5-8-23(24)25-15-21(11-13-29(25)36-31)20-6-3-2-4-7-20/h2-8,10-17,23-24,31,36H,9,18H2,1H3/t23-,24+,31-/m0/s1. The number of allylic oxidation sites excluding steroid dienone is 2. The highest BCUT2D eigenvalue weighted by Gasteiger charge is 2.38. The third-order valence-corrected chi connectivity index (χ3v) is 8.78. The number of hydrogen-bond donors (Lipinski definition) is 1. The van der Waals surface area contributed by atoms with Gasteiger partial charge in [-0.15, -0.1) is 0 Å². The van der Waals surface area contributed by atoms with Gasteiger partial charge in [-0.25, -0.2) is 0 Å². The molecule has 192 valence electrons. The molecule has 1 N–H and O–H groups in total. The van der Waals surface area contributed by atoms with Crippen LogP contribution in [-0.2, 0) is 6.61 Å². The lowest BCUT2D eigenvalue weighted by atomic mass is 9.76. The SMILES string of the molecule is COc1cc([C@@H]2Nc3ccc(-c4ccccc4)cc3[C@H]3C=CC[C@H]32)cc(Br)c1OCc1ccc(Cl)c(Cl)c1. The van der Waals surface area contributed by atoms with Gasteiger partial charge < -0.3 is 14.8 Å². The number of methoxy groups -OCH3 is 1. The van der Waals surface area contributed by atoms with Crippen LogP contribution in [0.25, 0.3) is 11.1 Å². The van der Waals surface area contributed by atoms with Gasteiger partial charge in [0.2, 0.25) is 0 Å². The number of halogens is 3. The fourth-order valence-corrected chi connectivity index (χ4v) is 6.47. The van der Waals surface area contributed by atoms with Gasteiger partial charge in [0, 0.05) is 11.6 Å².